The van der Waals surface area contributed by atoms with Gasteiger partial charge in [-0.3, -0.25) is 10.2 Å². The van der Waals surface area contributed by atoms with Gasteiger partial charge in [-0.25, -0.2) is 0 Å². The zero-order chi connectivity index (χ0) is 20.7. The van der Waals surface area contributed by atoms with E-state index in [1.54, 1.807) is 13.2 Å². The first-order chi connectivity index (χ1) is 13.9. The zero-order valence-electron chi connectivity index (χ0n) is 16.4. The molecule has 1 amide bonds. The molecule has 0 aliphatic carbocycles. The first-order valence-corrected chi connectivity index (χ1v) is 10.8. The van der Waals surface area contributed by atoms with Crippen molar-refractivity contribution in [2.45, 2.75) is 13.8 Å². The maximum Gasteiger partial charge on any atom is 0.283 e. The van der Waals surface area contributed by atoms with E-state index in [1.807, 2.05) is 50.4 Å². The number of para-hydroxylation sites is 2. The number of hydrogen-bond donors (Lipinski definition) is 1. The lowest BCUT2D eigenvalue weighted by atomic mass is 10.1. The topological polar surface area (TPSA) is 83.0 Å². The number of nitrogens with one attached hydrogen (secondary N) is 1. The molecule has 1 aromatic carbocycles. The van der Waals surface area contributed by atoms with Gasteiger partial charge in [0.25, 0.3) is 5.91 Å². The highest BCUT2D eigenvalue weighted by Crippen LogP contribution is 2.33. The van der Waals surface area contributed by atoms with Crippen molar-refractivity contribution in [1.29, 1.82) is 5.41 Å². The predicted octanol–water partition coefficient (Wildman–Crippen LogP) is 4.04. The molecule has 148 valence electrons. The number of thioether (sulfide) groups is 2. The molecular formula is C20H19N5O2S2. The molecule has 1 aromatic heterocycles. The highest BCUT2D eigenvalue weighted by atomic mass is 32.2. The van der Waals surface area contributed by atoms with Crippen molar-refractivity contribution in [3.63, 3.8) is 0 Å². The van der Waals surface area contributed by atoms with Gasteiger partial charge in [0.2, 0.25) is 5.17 Å². The highest BCUT2D eigenvalue weighted by Gasteiger charge is 2.35. The summed E-state index contributed by atoms with van der Waals surface area (Å²) < 4.78 is 8.34. The Balaban J connectivity index is 1.78. The Bertz CT molecular complexity index is 1130. The fraction of sp³-hybridized carbons (Fsp3) is 0.200. The van der Waals surface area contributed by atoms with Gasteiger partial charge in [0.15, 0.2) is 10.2 Å². The number of fused-ring (bicyclic) bond motifs is 1. The van der Waals surface area contributed by atoms with Gasteiger partial charge in [-0.15, -0.1) is 16.9 Å². The lowest BCUT2D eigenvalue weighted by molar-refractivity contribution is -0.114. The van der Waals surface area contributed by atoms with Gasteiger partial charge in [-0.2, -0.15) is 10.0 Å². The molecule has 2 aromatic rings. The number of methoxy groups -OCH3 is 1. The Morgan fingerprint density at radius 1 is 1.28 bits per heavy atom. The van der Waals surface area contributed by atoms with Crippen molar-refractivity contribution < 1.29 is 9.53 Å². The van der Waals surface area contributed by atoms with Crippen LogP contribution in [0.4, 0.5) is 0 Å². The van der Waals surface area contributed by atoms with Gasteiger partial charge in [-0.1, -0.05) is 12.1 Å². The largest absolute Gasteiger partial charge is 0.495 e. The van der Waals surface area contributed by atoms with Crippen molar-refractivity contribution in [3.8, 4) is 11.4 Å². The van der Waals surface area contributed by atoms with E-state index in [0.717, 1.165) is 32.8 Å². The number of rotatable bonds is 3. The fourth-order valence-corrected chi connectivity index (χ4v) is 4.68. The van der Waals surface area contributed by atoms with Crippen LogP contribution in [0.25, 0.3) is 11.8 Å². The summed E-state index contributed by atoms with van der Waals surface area (Å²) in [6, 6.07) is 9.77. The van der Waals surface area contributed by atoms with Crippen LogP contribution in [0, 0.1) is 19.3 Å². The number of aromatic nitrogens is 1. The normalized spacial score (nSPS) is 17.5. The number of amidine groups is 2. The van der Waals surface area contributed by atoms with E-state index in [-0.39, 0.29) is 11.4 Å². The van der Waals surface area contributed by atoms with Crippen LogP contribution < -0.4 is 4.74 Å². The third-order valence-corrected chi connectivity index (χ3v) is 6.59. The molecule has 0 saturated carbocycles. The Hall–Kier alpha value is -2.78. The quantitative estimate of drug-likeness (QED) is 0.751. The molecule has 3 heterocycles. The summed E-state index contributed by atoms with van der Waals surface area (Å²) >= 11 is 2.77. The molecule has 1 N–H and O–H groups in total. The van der Waals surface area contributed by atoms with Gasteiger partial charge in [0.1, 0.15) is 5.75 Å². The van der Waals surface area contributed by atoms with E-state index in [1.165, 1.54) is 28.5 Å². The summed E-state index contributed by atoms with van der Waals surface area (Å²) in [7, 11) is 1.64. The molecule has 0 fully saturated rings. The minimum Gasteiger partial charge on any atom is -0.495 e. The molecule has 9 heteroatoms. The first-order valence-electron chi connectivity index (χ1n) is 8.81. The van der Waals surface area contributed by atoms with Gasteiger partial charge < -0.3 is 9.30 Å². The van der Waals surface area contributed by atoms with E-state index in [0.29, 0.717) is 5.17 Å². The van der Waals surface area contributed by atoms with Crippen molar-refractivity contribution in [2.24, 2.45) is 10.1 Å². The standard InChI is InChI=1S/C20H19N5O2S2/c1-11-9-13(12(2)24(11)15-7-5-6-8-16(15)27-3)10-14-17(21)25-19(22-18(14)26)29-20(23-25)28-4/h5-10,21H,1-4H3/b14-10-,21-17?. The van der Waals surface area contributed by atoms with Gasteiger partial charge in [0.05, 0.1) is 18.4 Å². The number of benzene rings is 1. The van der Waals surface area contributed by atoms with Crippen LogP contribution in [0.5, 0.6) is 5.75 Å². The molecule has 0 saturated heterocycles. The zero-order valence-corrected chi connectivity index (χ0v) is 18.0. The number of amides is 1. The Morgan fingerprint density at radius 3 is 2.76 bits per heavy atom. The second kappa shape index (κ2) is 7.57. The second-order valence-electron chi connectivity index (χ2n) is 6.42. The van der Waals surface area contributed by atoms with Crippen LogP contribution in [-0.4, -0.2) is 44.2 Å². The third kappa shape index (κ3) is 3.30. The molecule has 2 aliphatic rings. The van der Waals surface area contributed by atoms with E-state index < -0.39 is 5.91 Å². The number of hydrogen-bond acceptors (Lipinski definition) is 6. The van der Waals surface area contributed by atoms with Crippen LogP contribution in [-0.2, 0) is 4.79 Å². The maximum absolute atomic E-state index is 12.6. The minimum absolute atomic E-state index is 0.0404. The predicted molar refractivity (Wildman–Crippen MR) is 120 cm³/mol. The third-order valence-electron chi connectivity index (χ3n) is 4.71. The van der Waals surface area contributed by atoms with Crippen LogP contribution in [0.1, 0.15) is 17.0 Å². The summed E-state index contributed by atoms with van der Waals surface area (Å²) in [4.78, 5) is 16.7. The highest BCUT2D eigenvalue weighted by molar-refractivity contribution is 8.45. The number of carbonyl (C=O) groups is 1. The fourth-order valence-electron chi connectivity index (χ4n) is 3.33. The van der Waals surface area contributed by atoms with Gasteiger partial charge in [-0.05, 0) is 61.7 Å². The number of aryl methyl sites for hydroxylation is 1. The Labute approximate surface area is 177 Å². The second-order valence-corrected chi connectivity index (χ2v) is 8.43. The molecule has 0 atom stereocenters. The molecule has 2 aliphatic heterocycles. The lowest BCUT2D eigenvalue weighted by Crippen LogP contribution is -2.35. The van der Waals surface area contributed by atoms with Crippen LogP contribution in [0.2, 0.25) is 0 Å². The molecule has 0 unspecified atom stereocenters. The van der Waals surface area contributed by atoms with Crippen molar-refractivity contribution in [1.82, 2.24) is 9.58 Å². The van der Waals surface area contributed by atoms with E-state index >= 15 is 0 Å². The Kier molecular flexibility index (Phi) is 5.10. The summed E-state index contributed by atoms with van der Waals surface area (Å²) in [6.45, 7) is 3.98. The number of carbonyl (C=O) groups excluding carboxylic acids is 1. The molecular weight excluding hydrogens is 406 g/mol. The summed E-state index contributed by atoms with van der Waals surface area (Å²) in [5.74, 6) is 0.379. The van der Waals surface area contributed by atoms with E-state index in [4.69, 9.17) is 10.1 Å². The SMILES string of the molecule is COc1ccccc1-n1c(C)cc(/C=C2/C(=N)N3N=C(SC)SC3=NC2=O)c1C. The average Bonchev–Trinajstić information content (AvgIpc) is 3.25. The lowest BCUT2D eigenvalue weighted by Gasteiger charge is -2.20. The smallest absolute Gasteiger partial charge is 0.283 e. The minimum atomic E-state index is -0.423. The molecule has 4 rings (SSSR count). The van der Waals surface area contributed by atoms with E-state index in [9.17, 15) is 4.79 Å². The monoisotopic (exact) mass is 425 g/mol. The molecule has 29 heavy (non-hydrogen) atoms. The van der Waals surface area contributed by atoms with Crippen molar-refractivity contribution in [2.75, 3.05) is 13.4 Å². The van der Waals surface area contributed by atoms with Gasteiger partial charge >= 0.3 is 0 Å². The molecule has 0 spiro atoms. The number of nitrogens with zero attached hydrogens (tertiary/aromatic N) is 4. The van der Waals surface area contributed by atoms with E-state index in [2.05, 4.69) is 14.7 Å². The summed E-state index contributed by atoms with van der Waals surface area (Å²) in [5, 5.41) is 14.7. The van der Waals surface area contributed by atoms with Gasteiger partial charge in [0, 0.05) is 11.4 Å². The Morgan fingerprint density at radius 2 is 2.03 bits per heavy atom. The maximum atomic E-state index is 12.6. The average molecular weight is 426 g/mol. The van der Waals surface area contributed by atoms with Crippen molar-refractivity contribution in [3.05, 3.63) is 52.9 Å². The number of aliphatic imine (C=N–C) groups is 1. The van der Waals surface area contributed by atoms with Crippen LogP contribution in [0.15, 0.2) is 46.0 Å². The summed E-state index contributed by atoms with van der Waals surface area (Å²) in [6.07, 6.45) is 3.62. The number of hydrazone groups is 1. The van der Waals surface area contributed by atoms with Crippen molar-refractivity contribution >= 4 is 50.9 Å². The summed E-state index contributed by atoms with van der Waals surface area (Å²) in [5.41, 5.74) is 3.93. The van der Waals surface area contributed by atoms with Crippen LogP contribution in [0.3, 0.4) is 0 Å². The molecule has 0 bridgehead atoms. The molecule has 7 nitrogen and oxygen atoms in total. The first kappa shape index (κ1) is 19.5. The van der Waals surface area contributed by atoms with Crippen LogP contribution >= 0.6 is 23.5 Å². The molecule has 0 radical (unpaired) electrons. The number of ether oxygens (including phenoxy) is 1.